The van der Waals surface area contributed by atoms with Crippen molar-refractivity contribution in [1.29, 1.82) is 0 Å². The van der Waals surface area contributed by atoms with Crippen LogP contribution in [0.4, 0.5) is 0 Å². The summed E-state index contributed by atoms with van der Waals surface area (Å²) < 4.78 is 0. The molecule has 0 fully saturated rings. The van der Waals surface area contributed by atoms with E-state index in [0.29, 0.717) is 5.75 Å². The number of carboxylic acids is 1. The minimum absolute atomic E-state index is 0.100. The largest absolute Gasteiger partial charge is 0.480 e. The zero-order valence-electron chi connectivity index (χ0n) is 12.3. The highest BCUT2D eigenvalue weighted by Crippen LogP contribution is 2.25. The van der Waals surface area contributed by atoms with Crippen molar-refractivity contribution < 1.29 is 14.7 Å². The molecule has 0 aliphatic rings. The number of thioether (sulfide) groups is 1. The van der Waals surface area contributed by atoms with Gasteiger partial charge in [-0.25, -0.2) is 4.79 Å². The third-order valence-electron chi connectivity index (χ3n) is 2.81. The van der Waals surface area contributed by atoms with Crippen LogP contribution in [0.2, 0.25) is 0 Å². The SMILES string of the molecule is CC(=O)NC(CSc1ccc(C(C)(C)C)cc1)C(=O)O. The lowest BCUT2D eigenvalue weighted by molar-refractivity contribution is -0.140. The molecule has 0 radical (unpaired) electrons. The third kappa shape index (κ3) is 5.25. The van der Waals surface area contributed by atoms with Crippen LogP contribution in [0.1, 0.15) is 33.3 Å². The first-order valence-electron chi connectivity index (χ1n) is 6.43. The number of hydrogen-bond acceptors (Lipinski definition) is 3. The molecule has 1 aromatic carbocycles. The second-order valence-corrected chi connectivity index (χ2v) is 6.77. The van der Waals surface area contributed by atoms with Gasteiger partial charge in [-0.2, -0.15) is 0 Å². The van der Waals surface area contributed by atoms with Gasteiger partial charge in [-0.3, -0.25) is 4.79 Å². The van der Waals surface area contributed by atoms with E-state index >= 15 is 0 Å². The maximum atomic E-state index is 11.0. The average Bonchev–Trinajstić information content (AvgIpc) is 2.33. The van der Waals surface area contributed by atoms with Gasteiger partial charge in [0, 0.05) is 17.6 Å². The normalized spacial score (nSPS) is 12.8. The van der Waals surface area contributed by atoms with Crippen molar-refractivity contribution in [3.05, 3.63) is 29.8 Å². The summed E-state index contributed by atoms with van der Waals surface area (Å²) in [6, 6.07) is 7.21. The molecule has 0 heterocycles. The van der Waals surface area contributed by atoms with Crippen molar-refractivity contribution in [2.75, 3.05) is 5.75 Å². The molecule has 0 aromatic heterocycles. The maximum Gasteiger partial charge on any atom is 0.327 e. The molecule has 1 unspecified atom stereocenters. The van der Waals surface area contributed by atoms with Crippen LogP contribution in [-0.2, 0) is 15.0 Å². The smallest absolute Gasteiger partial charge is 0.327 e. The first-order valence-corrected chi connectivity index (χ1v) is 7.42. The highest BCUT2D eigenvalue weighted by molar-refractivity contribution is 7.99. The molecule has 1 amide bonds. The van der Waals surface area contributed by atoms with Crippen LogP contribution in [0.3, 0.4) is 0 Å². The molecule has 0 saturated heterocycles. The molecular weight excluding hydrogens is 274 g/mol. The first kappa shape index (κ1) is 16.6. The topological polar surface area (TPSA) is 66.4 Å². The van der Waals surface area contributed by atoms with Gasteiger partial charge in [0.1, 0.15) is 6.04 Å². The number of hydrogen-bond donors (Lipinski definition) is 2. The summed E-state index contributed by atoms with van der Waals surface area (Å²) in [5.41, 5.74) is 1.33. The van der Waals surface area contributed by atoms with Crippen LogP contribution in [0, 0.1) is 0 Å². The molecule has 1 atom stereocenters. The summed E-state index contributed by atoms with van der Waals surface area (Å²) in [6.45, 7) is 7.75. The van der Waals surface area contributed by atoms with Crippen LogP contribution < -0.4 is 5.32 Å². The fourth-order valence-corrected chi connectivity index (χ4v) is 2.56. The standard InChI is InChI=1S/C15H21NO3S/c1-10(17)16-13(14(18)19)9-20-12-7-5-11(6-8-12)15(2,3)4/h5-8,13H,9H2,1-4H3,(H,16,17)(H,18,19). The van der Waals surface area contributed by atoms with Crippen molar-refractivity contribution in [3.63, 3.8) is 0 Å². The van der Waals surface area contributed by atoms with E-state index in [-0.39, 0.29) is 11.3 Å². The fraction of sp³-hybridized carbons (Fsp3) is 0.467. The average molecular weight is 295 g/mol. The Morgan fingerprint density at radius 3 is 2.20 bits per heavy atom. The number of nitrogens with one attached hydrogen (secondary N) is 1. The Kier molecular flexibility index (Phi) is 5.62. The summed E-state index contributed by atoms with van der Waals surface area (Å²) in [7, 11) is 0. The van der Waals surface area contributed by atoms with E-state index in [1.165, 1.54) is 24.2 Å². The Hall–Kier alpha value is -1.49. The van der Waals surface area contributed by atoms with Gasteiger partial charge in [0.2, 0.25) is 5.91 Å². The molecule has 0 saturated carbocycles. The molecule has 2 N–H and O–H groups in total. The fourth-order valence-electron chi connectivity index (χ4n) is 1.65. The Bertz CT molecular complexity index is 477. The van der Waals surface area contributed by atoms with E-state index in [1.807, 2.05) is 12.1 Å². The number of carbonyl (C=O) groups is 2. The molecule has 0 aliphatic heterocycles. The Balaban J connectivity index is 2.64. The zero-order chi connectivity index (χ0) is 15.3. The molecule has 0 spiro atoms. The predicted molar refractivity (Wildman–Crippen MR) is 81.1 cm³/mol. The highest BCUT2D eigenvalue weighted by atomic mass is 32.2. The summed E-state index contributed by atoms with van der Waals surface area (Å²) in [5, 5.41) is 11.4. The number of rotatable bonds is 5. The van der Waals surface area contributed by atoms with Crippen LogP contribution >= 0.6 is 11.8 Å². The summed E-state index contributed by atoms with van der Waals surface area (Å²) in [5.74, 6) is -1.04. The van der Waals surface area contributed by atoms with Gasteiger partial charge >= 0.3 is 5.97 Å². The molecule has 0 bridgehead atoms. The molecule has 20 heavy (non-hydrogen) atoms. The lowest BCUT2D eigenvalue weighted by Gasteiger charge is -2.19. The predicted octanol–water partition coefficient (Wildman–Crippen LogP) is 2.67. The minimum atomic E-state index is -1.01. The van der Waals surface area contributed by atoms with Gasteiger partial charge < -0.3 is 10.4 Å². The summed E-state index contributed by atoms with van der Waals surface area (Å²) in [6.07, 6.45) is 0. The highest BCUT2D eigenvalue weighted by Gasteiger charge is 2.18. The molecule has 5 heteroatoms. The molecule has 4 nitrogen and oxygen atoms in total. The van der Waals surface area contributed by atoms with Crippen molar-refractivity contribution in [2.45, 2.75) is 44.0 Å². The third-order valence-corrected chi connectivity index (χ3v) is 3.92. The number of aliphatic carboxylic acids is 1. The van der Waals surface area contributed by atoms with Crippen molar-refractivity contribution >= 4 is 23.6 Å². The molecule has 1 rings (SSSR count). The van der Waals surface area contributed by atoms with E-state index in [9.17, 15) is 9.59 Å². The van der Waals surface area contributed by atoms with Crippen molar-refractivity contribution in [1.82, 2.24) is 5.32 Å². The zero-order valence-corrected chi connectivity index (χ0v) is 13.1. The first-order chi connectivity index (χ1) is 9.20. The second kappa shape index (κ2) is 6.79. The Morgan fingerprint density at radius 1 is 1.25 bits per heavy atom. The second-order valence-electron chi connectivity index (χ2n) is 5.68. The number of carboxylic acid groups (broad SMARTS) is 1. The van der Waals surface area contributed by atoms with Gasteiger partial charge in [0.05, 0.1) is 0 Å². The van der Waals surface area contributed by atoms with Crippen molar-refractivity contribution in [2.24, 2.45) is 0 Å². The Morgan fingerprint density at radius 2 is 1.80 bits per heavy atom. The Labute approximate surface area is 124 Å². The van der Waals surface area contributed by atoms with Crippen molar-refractivity contribution in [3.8, 4) is 0 Å². The van der Waals surface area contributed by atoms with Crippen LogP contribution in [-0.4, -0.2) is 28.8 Å². The van der Waals surface area contributed by atoms with Gasteiger partial charge in [0.25, 0.3) is 0 Å². The van der Waals surface area contributed by atoms with Gasteiger partial charge in [-0.15, -0.1) is 11.8 Å². The van der Waals surface area contributed by atoms with E-state index in [0.717, 1.165) is 4.90 Å². The number of benzene rings is 1. The van der Waals surface area contributed by atoms with Gasteiger partial charge in [-0.05, 0) is 23.1 Å². The summed E-state index contributed by atoms with van der Waals surface area (Å²) in [4.78, 5) is 23.0. The quantitative estimate of drug-likeness (QED) is 0.820. The van der Waals surface area contributed by atoms with Gasteiger partial charge in [-0.1, -0.05) is 32.9 Å². The minimum Gasteiger partial charge on any atom is -0.480 e. The number of amides is 1. The van der Waals surface area contributed by atoms with Gasteiger partial charge in [0.15, 0.2) is 0 Å². The van der Waals surface area contributed by atoms with E-state index < -0.39 is 12.0 Å². The molecule has 0 aliphatic carbocycles. The van der Waals surface area contributed by atoms with Crippen LogP contribution in [0.5, 0.6) is 0 Å². The number of carbonyl (C=O) groups excluding carboxylic acids is 1. The monoisotopic (exact) mass is 295 g/mol. The van der Waals surface area contributed by atoms with E-state index in [1.54, 1.807) is 0 Å². The lowest BCUT2D eigenvalue weighted by Crippen LogP contribution is -2.41. The molecule has 110 valence electrons. The van der Waals surface area contributed by atoms with E-state index in [4.69, 9.17) is 5.11 Å². The van der Waals surface area contributed by atoms with E-state index in [2.05, 4.69) is 38.2 Å². The maximum absolute atomic E-state index is 11.0. The van der Waals surface area contributed by atoms with Crippen LogP contribution in [0.15, 0.2) is 29.2 Å². The summed E-state index contributed by atoms with van der Waals surface area (Å²) >= 11 is 1.42. The van der Waals surface area contributed by atoms with Crippen LogP contribution in [0.25, 0.3) is 0 Å². The molecule has 1 aromatic rings. The molecular formula is C15H21NO3S. The lowest BCUT2D eigenvalue weighted by atomic mass is 9.87.